The quantitative estimate of drug-likeness (QED) is 0.678. The predicted molar refractivity (Wildman–Crippen MR) is 93.1 cm³/mol. The smallest absolute Gasteiger partial charge is 0.131 e. The third-order valence-electron chi connectivity index (χ3n) is 5.82. The average Bonchev–Trinajstić information content (AvgIpc) is 2.95. The van der Waals surface area contributed by atoms with Crippen LogP contribution in [0.4, 0.5) is 0 Å². The molecule has 1 heterocycles. The highest BCUT2D eigenvalue weighted by Gasteiger charge is 2.42. The maximum absolute atomic E-state index is 5.24. The first kappa shape index (κ1) is 14.3. The van der Waals surface area contributed by atoms with Gasteiger partial charge in [0.25, 0.3) is 0 Å². The second-order valence-electron chi connectivity index (χ2n) is 7.49. The van der Waals surface area contributed by atoms with Crippen molar-refractivity contribution in [3.05, 3.63) is 36.0 Å². The van der Waals surface area contributed by atoms with E-state index >= 15 is 0 Å². The molecule has 0 radical (unpaired) electrons. The summed E-state index contributed by atoms with van der Waals surface area (Å²) in [5.74, 6) is 2.16. The predicted octanol–water partition coefficient (Wildman–Crippen LogP) is 4.64. The van der Waals surface area contributed by atoms with Crippen LogP contribution in [0.1, 0.15) is 58.3 Å². The van der Waals surface area contributed by atoms with Crippen LogP contribution in [0.5, 0.6) is 0 Å². The molecule has 4 rings (SSSR count). The highest BCUT2D eigenvalue weighted by atomic mass is 15.3. The lowest BCUT2D eigenvalue weighted by atomic mass is 9.82. The molecule has 4 aliphatic rings. The standard InChI is InChI=1S/C20H28N2/c1-15-12-13-19-18(14-15)21-20(16-8-4-2-5-9-16)22(19)17-10-6-3-7-11-17/h3-4,6,8-9,15,17-19H,2,5,7,10-14H2,1H3. The van der Waals surface area contributed by atoms with E-state index in [1.807, 2.05) is 0 Å². The molecule has 0 aromatic heterocycles. The van der Waals surface area contributed by atoms with Crippen LogP contribution in [0.25, 0.3) is 0 Å². The van der Waals surface area contributed by atoms with E-state index in [4.69, 9.17) is 4.99 Å². The van der Waals surface area contributed by atoms with Crippen molar-refractivity contribution in [2.45, 2.75) is 76.4 Å². The topological polar surface area (TPSA) is 15.6 Å². The molecule has 0 saturated heterocycles. The molecule has 0 bridgehead atoms. The Bertz CT molecular complexity index is 540. The highest BCUT2D eigenvalue weighted by Crippen LogP contribution is 2.38. The molecule has 2 nitrogen and oxygen atoms in total. The fraction of sp³-hybridized carbons (Fsp3) is 0.650. The molecule has 1 saturated carbocycles. The van der Waals surface area contributed by atoms with E-state index in [0.717, 1.165) is 5.92 Å². The van der Waals surface area contributed by atoms with Gasteiger partial charge in [0.15, 0.2) is 0 Å². The van der Waals surface area contributed by atoms with Gasteiger partial charge in [-0.05, 0) is 57.3 Å². The summed E-state index contributed by atoms with van der Waals surface area (Å²) in [7, 11) is 0. The van der Waals surface area contributed by atoms with Gasteiger partial charge < -0.3 is 4.90 Å². The molecule has 0 amide bonds. The van der Waals surface area contributed by atoms with Gasteiger partial charge in [-0.1, -0.05) is 37.3 Å². The number of hydrogen-bond donors (Lipinski definition) is 0. The Kier molecular flexibility index (Phi) is 3.94. The summed E-state index contributed by atoms with van der Waals surface area (Å²) >= 11 is 0. The molecule has 0 aromatic carbocycles. The van der Waals surface area contributed by atoms with Crippen molar-refractivity contribution in [2.75, 3.05) is 0 Å². The van der Waals surface area contributed by atoms with Crippen LogP contribution >= 0.6 is 0 Å². The SMILES string of the molecule is CC1CCC2C(C1)N=C(C1=CCCC=C1)N2C1CC=CCC1. The molecule has 0 spiro atoms. The molecule has 3 aliphatic carbocycles. The van der Waals surface area contributed by atoms with E-state index in [2.05, 4.69) is 42.2 Å². The van der Waals surface area contributed by atoms with Gasteiger partial charge in [-0.15, -0.1) is 0 Å². The van der Waals surface area contributed by atoms with E-state index in [9.17, 15) is 0 Å². The molecule has 0 aromatic rings. The van der Waals surface area contributed by atoms with Crippen molar-refractivity contribution in [3.63, 3.8) is 0 Å². The number of rotatable bonds is 2. The number of amidine groups is 1. The summed E-state index contributed by atoms with van der Waals surface area (Å²) in [6.07, 6.45) is 21.9. The lowest BCUT2D eigenvalue weighted by molar-refractivity contribution is 0.166. The fourth-order valence-electron chi connectivity index (χ4n) is 4.66. The first-order chi connectivity index (χ1) is 10.8. The molecule has 4 unspecified atom stereocenters. The molecule has 0 N–H and O–H groups in total. The van der Waals surface area contributed by atoms with Gasteiger partial charge in [0.1, 0.15) is 5.84 Å². The van der Waals surface area contributed by atoms with Crippen LogP contribution in [0, 0.1) is 5.92 Å². The minimum Gasteiger partial charge on any atom is -0.348 e. The monoisotopic (exact) mass is 296 g/mol. The maximum Gasteiger partial charge on any atom is 0.131 e. The van der Waals surface area contributed by atoms with Gasteiger partial charge in [0.05, 0.1) is 12.1 Å². The van der Waals surface area contributed by atoms with Crippen LogP contribution in [0.15, 0.2) is 40.9 Å². The number of nitrogens with zero attached hydrogens (tertiary/aromatic N) is 2. The zero-order chi connectivity index (χ0) is 14.9. The Hall–Kier alpha value is -1.31. The molecule has 1 aliphatic heterocycles. The van der Waals surface area contributed by atoms with E-state index < -0.39 is 0 Å². The Balaban J connectivity index is 1.65. The van der Waals surface area contributed by atoms with Crippen LogP contribution in [-0.2, 0) is 0 Å². The first-order valence-corrected chi connectivity index (χ1v) is 9.21. The summed E-state index contributed by atoms with van der Waals surface area (Å²) in [4.78, 5) is 7.98. The Morgan fingerprint density at radius 2 is 2.00 bits per heavy atom. The van der Waals surface area contributed by atoms with E-state index in [1.165, 1.54) is 62.8 Å². The number of hydrogen-bond acceptors (Lipinski definition) is 2. The maximum atomic E-state index is 5.24. The van der Waals surface area contributed by atoms with Gasteiger partial charge in [0.2, 0.25) is 0 Å². The van der Waals surface area contributed by atoms with Crippen molar-refractivity contribution in [1.82, 2.24) is 4.90 Å². The second kappa shape index (κ2) is 6.06. The number of fused-ring (bicyclic) bond motifs is 1. The largest absolute Gasteiger partial charge is 0.348 e. The van der Waals surface area contributed by atoms with Gasteiger partial charge in [0, 0.05) is 11.6 Å². The lowest BCUT2D eigenvalue weighted by Gasteiger charge is -2.41. The normalized spacial score (nSPS) is 37.8. The summed E-state index contributed by atoms with van der Waals surface area (Å²) in [5, 5.41) is 0. The van der Waals surface area contributed by atoms with Crippen molar-refractivity contribution in [3.8, 4) is 0 Å². The van der Waals surface area contributed by atoms with Crippen LogP contribution in [0.3, 0.4) is 0 Å². The van der Waals surface area contributed by atoms with Crippen LogP contribution in [0.2, 0.25) is 0 Å². The summed E-state index contributed by atoms with van der Waals surface area (Å²) in [6.45, 7) is 2.40. The lowest BCUT2D eigenvalue weighted by Crippen LogP contribution is -2.48. The van der Waals surface area contributed by atoms with Crippen LogP contribution in [-0.4, -0.2) is 28.9 Å². The van der Waals surface area contributed by atoms with E-state index in [-0.39, 0.29) is 0 Å². The average molecular weight is 296 g/mol. The first-order valence-electron chi connectivity index (χ1n) is 9.21. The molecule has 4 atom stereocenters. The molecular weight excluding hydrogens is 268 g/mol. The Morgan fingerprint density at radius 3 is 2.77 bits per heavy atom. The third-order valence-corrected chi connectivity index (χ3v) is 5.82. The Labute approximate surface area is 134 Å². The fourth-order valence-corrected chi connectivity index (χ4v) is 4.66. The molecule has 2 heteroatoms. The van der Waals surface area contributed by atoms with Crippen molar-refractivity contribution in [2.24, 2.45) is 10.9 Å². The van der Waals surface area contributed by atoms with Gasteiger partial charge in [-0.3, -0.25) is 4.99 Å². The molecule has 1 fully saturated rings. The second-order valence-corrected chi connectivity index (χ2v) is 7.49. The Morgan fingerprint density at radius 1 is 1.05 bits per heavy atom. The minimum atomic E-state index is 0.542. The molecule has 118 valence electrons. The molecule has 22 heavy (non-hydrogen) atoms. The van der Waals surface area contributed by atoms with Gasteiger partial charge in [-0.25, -0.2) is 0 Å². The van der Waals surface area contributed by atoms with Crippen molar-refractivity contribution < 1.29 is 0 Å². The number of allylic oxidation sites excluding steroid dienone is 3. The van der Waals surface area contributed by atoms with Gasteiger partial charge in [-0.2, -0.15) is 0 Å². The van der Waals surface area contributed by atoms with Crippen molar-refractivity contribution >= 4 is 5.84 Å². The zero-order valence-corrected chi connectivity index (χ0v) is 13.7. The third kappa shape index (κ3) is 2.57. The van der Waals surface area contributed by atoms with Gasteiger partial charge >= 0.3 is 0 Å². The zero-order valence-electron chi connectivity index (χ0n) is 13.7. The van der Waals surface area contributed by atoms with Crippen molar-refractivity contribution in [1.29, 1.82) is 0 Å². The minimum absolute atomic E-state index is 0.542. The summed E-state index contributed by atoms with van der Waals surface area (Å²) < 4.78 is 0. The summed E-state index contributed by atoms with van der Waals surface area (Å²) in [5.41, 5.74) is 1.39. The molecular formula is C20H28N2. The summed E-state index contributed by atoms with van der Waals surface area (Å²) in [6, 6.07) is 1.88. The van der Waals surface area contributed by atoms with Crippen LogP contribution < -0.4 is 0 Å². The highest BCUT2D eigenvalue weighted by molar-refractivity contribution is 6.02. The van der Waals surface area contributed by atoms with E-state index in [1.54, 1.807) is 0 Å². The number of aliphatic imine (C=N–C) groups is 1. The van der Waals surface area contributed by atoms with E-state index in [0.29, 0.717) is 18.1 Å².